The van der Waals surface area contributed by atoms with E-state index in [-0.39, 0.29) is 0 Å². The Morgan fingerprint density at radius 2 is 0.778 bits per heavy atom. The molecule has 0 aromatic rings. The number of hydrogen-bond acceptors (Lipinski definition) is 1. The van der Waals surface area contributed by atoms with E-state index in [1.807, 2.05) is 13.8 Å². The molecule has 0 aliphatic carbocycles. The highest BCUT2D eigenvalue weighted by molar-refractivity contribution is 5.35. The van der Waals surface area contributed by atoms with Gasteiger partial charge >= 0.3 is 0 Å². The van der Waals surface area contributed by atoms with Crippen LogP contribution in [0.5, 0.6) is 0 Å². The van der Waals surface area contributed by atoms with Gasteiger partial charge in [-0.05, 0) is 34.8 Å². The van der Waals surface area contributed by atoms with Gasteiger partial charge in [0.15, 0.2) is 0 Å². The van der Waals surface area contributed by atoms with E-state index in [1.165, 1.54) is 22.7 Å². The van der Waals surface area contributed by atoms with Crippen LogP contribution in [0.4, 0.5) is 0 Å². The minimum atomic E-state index is 0.450. The molecule has 0 radical (unpaired) electrons. The molecule has 1 heteroatoms. The fourth-order valence-electron chi connectivity index (χ4n) is 3.62. The highest BCUT2D eigenvalue weighted by Crippen LogP contribution is 2.47. The van der Waals surface area contributed by atoms with Gasteiger partial charge in [0.1, 0.15) is 11.5 Å². The molecule has 0 atom stereocenters. The van der Waals surface area contributed by atoms with Crippen molar-refractivity contribution in [1.82, 2.24) is 0 Å². The molecule has 0 aromatic carbocycles. The van der Waals surface area contributed by atoms with Gasteiger partial charge in [-0.2, -0.15) is 0 Å². The Labute approximate surface area is 173 Å². The van der Waals surface area contributed by atoms with Crippen molar-refractivity contribution in [3.05, 3.63) is 22.7 Å². The predicted molar refractivity (Wildman–Crippen MR) is 125 cm³/mol. The number of ether oxygens (including phenoxy) is 1. The zero-order chi connectivity index (χ0) is 22.1. The van der Waals surface area contributed by atoms with Crippen LogP contribution < -0.4 is 0 Å². The van der Waals surface area contributed by atoms with E-state index in [0.717, 1.165) is 5.92 Å². The summed E-state index contributed by atoms with van der Waals surface area (Å²) in [6.45, 7) is 33.5. The largest absolute Gasteiger partial charge is 0.466 e. The summed E-state index contributed by atoms with van der Waals surface area (Å²) in [5.41, 5.74) is 3.07. The van der Waals surface area contributed by atoms with Crippen molar-refractivity contribution in [2.75, 3.05) is 0 Å². The van der Waals surface area contributed by atoms with Gasteiger partial charge in [0.25, 0.3) is 0 Å². The summed E-state index contributed by atoms with van der Waals surface area (Å²) in [4.78, 5) is 0. The lowest BCUT2D eigenvalue weighted by molar-refractivity contribution is 0.186. The van der Waals surface area contributed by atoms with Gasteiger partial charge in [0.05, 0.1) is 0 Å². The van der Waals surface area contributed by atoms with Gasteiger partial charge < -0.3 is 4.74 Å². The SMILES string of the molecule is CC.CC(C)C.CC(C)C1=C(C(C)C)C(C(C)C)C(C(C)C)=C(C(C)C)O1. The molecule has 0 bridgehead atoms. The Hall–Kier alpha value is -0.720. The van der Waals surface area contributed by atoms with Gasteiger partial charge in [-0.3, -0.25) is 0 Å². The average molecular weight is 381 g/mol. The fraction of sp³-hybridized carbons (Fsp3) is 0.846. The molecule has 0 saturated heterocycles. The van der Waals surface area contributed by atoms with E-state index in [2.05, 4.69) is 90.0 Å². The molecule has 27 heavy (non-hydrogen) atoms. The summed E-state index contributed by atoms with van der Waals surface area (Å²) in [6, 6.07) is 0. The van der Waals surface area contributed by atoms with E-state index in [1.54, 1.807) is 0 Å². The van der Waals surface area contributed by atoms with Crippen molar-refractivity contribution in [2.45, 2.75) is 104 Å². The molecular formula is C26H52O. The van der Waals surface area contributed by atoms with Crippen LogP contribution in [0.3, 0.4) is 0 Å². The summed E-state index contributed by atoms with van der Waals surface area (Å²) in [5, 5.41) is 0. The van der Waals surface area contributed by atoms with E-state index in [4.69, 9.17) is 4.74 Å². The molecule has 0 fully saturated rings. The van der Waals surface area contributed by atoms with Gasteiger partial charge in [-0.1, -0.05) is 104 Å². The normalized spacial score (nSPS) is 15.6. The number of hydrogen-bond donors (Lipinski definition) is 0. The molecule has 1 nitrogen and oxygen atoms in total. The molecular weight excluding hydrogens is 328 g/mol. The second kappa shape index (κ2) is 13.5. The van der Waals surface area contributed by atoms with E-state index in [0.29, 0.717) is 35.5 Å². The van der Waals surface area contributed by atoms with E-state index < -0.39 is 0 Å². The highest BCUT2D eigenvalue weighted by Gasteiger charge is 2.37. The van der Waals surface area contributed by atoms with Crippen LogP contribution in [0.2, 0.25) is 0 Å². The van der Waals surface area contributed by atoms with Crippen LogP contribution in [-0.4, -0.2) is 0 Å². The smallest absolute Gasteiger partial charge is 0.106 e. The molecule has 1 aliphatic rings. The molecule has 1 rings (SSSR count). The average Bonchev–Trinajstić information content (AvgIpc) is 2.53. The molecule has 1 aliphatic heterocycles. The lowest BCUT2D eigenvalue weighted by Gasteiger charge is -2.40. The van der Waals surface area contributed by atoms with Crippen molar-refractivity contribution < 1.29 is 4.74 Å². The Morgan fingerprint density at radius 3 is 0.926 bits per heavy atom. The maximum Gasteiger partial charge on any atom is 0.106 e. The lowest BCUT2D eigenvalue weighted by atomic mass is 9.70. The first-order chi connectivity index (χ1) is 12.3. The molecule has 0 amide bonds. The predicted octanol–water partition coefficient (Wildman–Crippen LogP) is 9.11. The van der Waals surface area contributed by atoms with Gasteiger partial charge in [-0.25, -0.2) is 0 Å². The third-order valence-electron chi connectivity index (χ3n) is 4.42. The first kappa shape index (κ1) is 28.5. The van der Waals surface area contributed by atoms with Crippen molar-refractivity contribution in [1.29, 1.82) is 0 Å². The van der Waals surface area contributed by atoms with Crippen LogP contribution in [0.1, 0.15) is 104 Å². The Kier molecular flexibility index (Phi) is 14.2. The zero-order valence-electron chi connectivity index (χ0n) is 21.4. The second-order valence-corrected chi connectivity index (χ2v) is 9.81. The molecule has 1 heterocycles. The topological polar surface area (TPSA) is 9.23 Å². The van der Waals surface area contributed by atoms with Gasteiger partial charge in [-0.15, -0.1) is 0 Å². The Balaban J connectivity index is 0. The van der Waals surface area contributed by atoms with Crippen molar-refractivity contribution >= 4 is 0 Å². The van der Waals surface area contributed by atoms with Crippen LogP contribution in [0.25, 0.3) is 0 Å². The van der Waals surface area contributed by atoms with Gasteiger partial charge in [0, 0.05) is 17.8 Å². The second-order valence-electron chi connectivity index (χ2n) is 9.81. The third kappa shape index (κ3) is 8.88. The summed E-state index contributed by atoms with van der Waals surface area (Å²) in [7, 11) is 0. The maximum absolute atomic E-state index is 6.50. The number of rotatable bonds is 5. The first-order valence-corrected chi connectivity index (χ1v) is 11.5. The van der Waals surface area contributed by atoms with Crippen molar-refractivity contribution in [2.24, 2.45) is 41.4 Å². The lowest BCUT2D eigenvalue weighted by Crippen LogP contribution is -2.30. The molecule has 0 spiro atoms. The Bertz CT molecular complexity index is 420. The highest BCUT2D eigenvalue weighted by atomic mass is 16.5. The standard InChI is InChI=1S/C20H36O.C4H10.C2H6/c1-11(2)16-17(12(3)4)19(14(7)8)21-20(15(9)10)18(16)13(5)6;1-4(2)3;1-2/h11-16H,1-10H3;4H,1-3H3;1-2H3. The van der Waals surface area contributed by atoms with Crippen LogP contribution in [-0.2, 0) is 4.74 Å². The van der Waals surface area contributed by atoms with E-state index in [9.17, 15) is 0 Å². The van der Waals surface area contributed by atoms with Gasteiger partial charge in [0.2, 0.25) is 0 Å². The molecule has 162 valence electrons. The maximum atomic E-state index is 6.50. The minimum Gasteiger partial charge on any atom is -0.466 e. The van der Waals surface area contributed by atoms with E-state index >= 15 is 0 Å². The summed E-state index contributed by atoms with van der Waals surface area (Å²) in [6.07, 6.45) is 0. The summed E-state index contributed by atoms with van der Waals surface area (Å²) >= 11 is 0. The molecule has 0 N–H and O–H groups in total. The van der Waals surface area contributed by atoms with Crippen molar-refractivity contribution in [3.8, 4) is 0 Å². The summed E-state index contributed by atoms with van der Waals surface area (Å²) < 4.78 is 6.50. The summed E-state index contributed by atoms with van der Waals surface area (Å²) in [5.74, 6) is 6.43. The minimum absolute atomic E-state index is 0.450. The molecule has 0 aromatic heterocycles. The molecule has 0 unspecified atom stereocenters. The molecule has 0 saturated carbocycles. The quantitative estimate of drug-likeness (QED) is 0.462. The first-order valence-electron chi connectivity index (χ1n) is 11.5. The monoisotopic (exact) mass is 380 g/mol. The number of allylic oxidation sites excluding steroid dienone is 4. The van der Waals surface area contributed by atoms with Crippen LogP contribution in [0.15, 0.2) is 22.7 Å². The zero-order valence-corrected chi connectivity index (χ0v) is 21.4. The van der Waals surface area contributed by atoms with Crippen molar-refractivity contribution in [3.63, 3.8) is 0 Å². The Morgan fingerprint density at radius 1 is 0.519 bits per heavy atom. The third-order valence-corrected chi connectivity index (χ3v) is 4.42. The fourth-order valence-corrected chi connectivity index (χ4v) is 3.62. The van der Waals surface area contributed by atoms with Crippen LogP contribution >= 0.6 is 0 Å². The van der Waals surface area contributed by atoms with Crippen LogP contribution in [0, 0.1) is 41.4 Å².